The fraction of sp³-hybridized carbons (Fsp3) is 0.591. The molecule has 1 fully saturated rings. The molecule has 2 N–H and O–H groups in total. The van der Waals surface area contributed by atoms with Gasteiger partial charge in [0.05, 0.1) is 12.0 Å². The van der Waals surface area contributed by atoms with Crippen LogP contribution in [0, 0.1) is 17.6 Å². The van der Waals surface area contributed by atoms with Crippen molar-refractivity contribution in [3.63, 3.8) is 0 Å². The number of rotatable bonds is 2. The lowest BCUT2D eigenvalue weighted by Crippen LogP contribution is -2.59. The number of ketones is 1. The second-order valence-electron chi connectivity index (χ2n) is 6.14. The molecule has 0 amide bonds. The summed E-state index contributed by atoms with van der Waals surface area (Å²) in [7, 11) is 0. The van der Waals surface area contributed by atoms with Crippen molar-refractivity contribution >= 4 is 5.78 Å². The summed E-state index contributed by atoms with van der Waals surface area (Å²) < 4.78 is 33.8. The number of piperidine rings is 1. The number of hydrazine groups is 1. The van der Waals surface area contributed by atoms with Crippen molar-refractivity contribution < 1.29 is 18.3 Å². The van der Waals surface area contributed by atoms with Crippen molar-refractivity contribution in [1.82, 2.24) is 5.01 Å². The van der Waals surface area contributed by atoms with E-state index in [1.54, 1.807) is 18.0 Å². The standard InChI is InChI=1S/C15H18F2N2O2.C3H6.2C2H6/c1-2-12(20)15-5-6-19(18)7-9(15)8-21-14-11(17)4-3-10(16)13(14)15;1-3-2;2*1-2/h3-4,9H,2,5-8,18H2,1H3;3H,1H2,2H3;2*1-2H3/t9-,15?;;;/m1.../s1. The van der Waals surface area contributed by atoms with Gasteiger partial charge in [-0.1, -0.05) is 40.7 Å². The van der Waals surface area contributed by atoms with E-state index in [1.807, 2.05) is 34.6 Å². The predicted molar refractivity (Wildman–Crippen MR) is 111 cm³/mol. The van der Waals surface area contributed by atoms with Gasteiger partial charge in [0.1, 0.15) is 11.6 Å². The third-order valence-corrected chi connectivity index (χ3v) is 4.70. The van der Waals surface area contributed by atoms with Crippen molar-refractivity contribution in [3.8, 4) is 5.75 Å². The van der Waals surface area contributed by atoms with Gasteiger partial charge < -0.3 is 4.74 Å². The molecule has 1 saturated heterocycles. The zero-order chi connectivity index (χ0) is 21.9. The van der Waals surface area contributed by atoms with E-state index in [0.29, 0.717) is 19.5 Å². The Balaban J connectivity index is 0.000000930. The van der Waals surface area contributed by atoms with E-state index in [1.165, 1.54) is 0 Å². The van der Waals surface area contributed by atoms with E-state index in [2.05, 4.69) is 6.58 Å². The zero-order valence-corrected chi connectivity index (χ0v) is 18.1. The lowest BCUT2D eigenvalue weighted by molar-refractivity contribution is -0.131. The van der Waals surface area contributed by atoms with Gasteiger partial charge >= 0.3 is 0 Å². The van der Waals surface area contributed by atoms with Crippen LogP contribution in [0.1, 0.15) is 59.9 Å². The van der Waals surface area contributed by atoms with Gasteiger partial charge in [-0.2, -0.15) is 0 Å². The van der Waals surface area contributed by atoms with Crippen molar-refractivity contribution in [2.45, 2.75) is 59.8 Å². The van der Waals surface area contributed by atoms with Crippen LogP contribution >= 0.6 is 0 Å². The van der Waals surface area contributed by atoms with Crippen molar-refractivity contribution in [2.24, 2.45) is 11.8 Å². The van der Waals surface area contributed by atoms with Crippen molar-refractivity contribution in [3.05, 3.63) is 42.0 Å². The van der Waals surface area contributed by atoms with Crippen LogP contribution in [0.3, 0.4) is 0 Å². The van der Waals surface area contributed by atoms with Gasteiger partial charge in [-0.15, -0.1) is 6.58 Å². The van der Waals surface area contributed by atoms with Crippen LogP contribution in [-0.2, 0) is 10.2 Å². The minimum absolute atomic E-state index is 0.0744. The highest BCUT2D eigenvalue weighted by atomic mass is 19.1. The molecule has 0 bridgehead atoms. The van der Waals surface area contributed by atoms with E-state index >= 15 is 0 Å². The van der Waals surface area contributed by atoms with Crippen LogP contribution in [0.15, 0.2) is 24.8 Å². The molecule has 1 unspecified atom stereocenters. The molecule has 3 rings (SSSR count). The molecule has 160 valence electrons. The van der Waals surface area contributed by atoms with E-state index in [9.17, 15) is 13.6 Å². The van der Waals surface area contributed by atoms with Gasteiger partial charge in [-0.25, -0.2) is 13.8 Å². The Morgan fingerprint density at radius 3 is 2.39 bits per heavy atom. The number of hydrogen-bond donors (Lipinski definition) is 1. The van der Waals surface area contributed by atoms with Crippen LogP contribution in [0.25, 0.3) is 0 Å². The fourth-order valence-electron chi connectivity index (χ4n) is 3.67. The summed E-state index contributed by atoms with van der Waals surface area (Å²) in [6, 6.07) is 2.11. The van der Waals surface area contributed by atoms with Crippen LogP contribution in [0.5, 0.6) is 5.75 Å². The molecule has 0 spiro atoms. The highest BCUT2D eigenvalue weighted by Crippen LogP contribution is 2.49. The first-order valence-electron chi connectivity index (χ1n) is 10.1. The summed E-state index contributed by atoms with van der Waals surface area (Å²) in [5.41, 5.74) is -0.941. The average Bonchev–Trinajstić information content (AvgIpc) is 2.73. The molecule has 2 heterocycles. The minimum Gasteiger partial charge on any atom is -0.490 e. The van der Waals surface area contributed by atoms with Crippen LogP contribution in [-0.4, -0.2) is 30.5 Å². The Morgan fingerprint density at radius 1 is 1.32 bits per heavy atom. The van der Waals surface area contributed by atoms with Gasteiger partial charge in [0.2, 0.25) is 0 Å². The Bertz CT molecular complexity index is 637. The molecule has 2 aliphatic rings. The van der Waals surface area contributed by atoms with E-state index in [-0.39, 0.29) is 36.0 Å². The second-order valence-corrected chi connectivity index (χ2v) is 6.14. The average molecular weight is 399 g/mol. The number of allylic oxidation sites excluding steroid dienone is 1. The normalized spacial score (nSPS) is 22.2. The number of halogens is 2. The summed E-state index contributed by atoms with van der Waals surface area (Å²) in [5, 5.41) is 1.61. The highest BCUT2D eigenvalue weighted by Gasteiger charge is 2.54. The fourth-order valence-corrected chi connectivity index (χ4v) is 3.67. The number of nitrogens with two attached hydrogens (primary N) is 1. The summed E-state index contributed by atoms with van der Waals surface area (Å²) in [6.45, 7) is 16.1. The molecular weight excluding hydrogens is 362 g/mol. The molecule has 28 heavy (non-hydrogen) atoms. The van der Waals surface area contributed by atoms with E-state index < -0.39 is 17.0 Å². The number of nitrogens with zero attached hydrogens (tertiary/aromatic N) is 1. The Morgan fingerprint density at radius 2 is 1.86 bits per heavy atom. The van der Waals surface area contributed by atoms with Gasteiger partial charge in [0, 0.05) is 31.0 Å². The molecule has 6 heteroatoms. The largest absolute Gasteiger partial charge is 0.490 e. The number of benzene rings is 1. The second kappa shape index (κ2) is 12.6. The molecule has 0 aromatic heterocycles. The summed E-state index contributed by atoms with van der Waals surface area (Å²) in [6.07, 6.45) is 2.41. The maximum absolute atomic E-state index is 14.4. The molecule has 0 aliphatic carbocycles. The third-order valence-electron chi connectivity index (χ3n) is 4.70. The first-order valence-corrected chi connectivity index (χ1v) is 10.1. The van der Waals surface area contributed by atoms with Crippen LogP contribution in [0.2, 0.25) is 0 Å². The number of hydrogen-bond acceptors (Lipinski definition) is 4. The maximum Gasteiger partial charge on any atom is 0.165 e. The SMILES string of the molecule is C=CC.CC.CC.CCC(=O)C12CCN(N)C[C@@H]1COc1c(F)ccc(F)c12. The molecule has 0 radical (unpaired) electrons. The first-order chi connectivity index (χ1) is 13.4. The molecule has 1 aromatic carbocycles. The van der Waals surface area contributed by atoms with Crippen molar-refractivity contribution in [2.75, 3.05) is 19.7 Å². The van der Waals surface area contributed by atoms with Gasteiger partial charge in [0.15, 0.2) is 11.6 Å². The van der Waals surface area contributed by atoms with Gasteiger partial charge in [0.25, 0.3) is 0 Å². The minimum atomic E-state index is -1.02. The van der Waals surface area contributed by atoms with E-state index in [0.717, 1.165) is 12.1 Å². The quantitative estimate of drug-likeness (QED) is 0.562. The Hall–Kier alpha value is -1.79. The number of Topliss-reactive ketones (excluding diaryl/α,β-unsaturated/α-hetero) is 1. The summed E-state index contributed by atoms with van der Waals surface area (Å²) >= 11 is 0. The molecule has 4 nitrogen and oxygen atoms in total. The number of carbonyl (C=O) groups is 1. The maximum atomic E-state index is 14.4. The number of carbonyl (C=O) groups excluding carboxylic acids is 1. The van der Waals surface area contributed by atoms with Gasteiger partial charge in [-0.3, -0.25) is 10.6 Å². The zero-order valence-electron chi connectivity index (χ0n) is 18.1. The lowest BCUT2D eigenvalue weighted by Gasteiger charge is -2.48. The highest BCUT2D eigenvalue weighted by molar-refractivity contribution is 5.91. The monoisotopic (exact) mass is 398 g/mol. The van der Waals surface area contributed by atoms with Crippen LogP contribution in [0.4, 0.5) is 8.78 Å². The van der Waals surface area contributed by atoms with Crippen molar-refractivity contribution in [1.29, 1.82) is 0 Å². The summed E-state index contributed by atoms with van der Waals surface area (Å²) in [4.78, 5) is 12.7. The Kier molecular flexibility index (Phi) is 11.8. The Labute approximate surface area is 168 Å². The molecule has 2 atom stereocenters. The number of ether oxygens (including phenoxy) is 1. The first kappa shape index (κ1) is 26.2. The number of fused-ring (bicyclic) bond motifs is 3. The molecule has 2 aliphatic heterocycles. The van der Waals surface area contributed by atoms with Crippen LogP contribution < -0.4 is 10.6 Å². The van der Waals surface area contributed by atoms with E-state index in [4.69, 9.17) is 10.6 Å². The van der Waals surface area contributed by atoms with Gasteiger partial charge in [-0.05, 0) is 25.5 Å². The third kappa shape index (κ3) is 5.17. The molecular formula is C22H36F2N2O2. The summed E-state index contributed by atoms with van der Waals surface area (Å²) in [5.74, 6) is 4.18. The molecule has 1 aromatic rings. The topological polar surface area (TPSA) is 55.6 Å². The predicted octanol–water partition coefficient (Wildman–Crippen LogP) is 5.01. The molecule has 0 saturated carbocycles. The lowest BCUT2D eigenvalue weighted by atomic mass is 9.61. The smallest absolute Gasteiger partial charge is 0.165 e.